The minimum atomic E-state index is -3.99. The Bertz CT molecular complexity index is 597. The first-order chi connectivity index (χ1) is 10.2. The molecule has 0 bridgehead atoms. The summed E-state index contributed by atoms with van der Waals surface area (Å²) in [6.07, 6.45) is 0. The average molecular weight is 337 g/mol. The summed E-state index contributed by atoms with van der Waals surface area (Å²) < 4.78 is 27.8. The summed E-state index contributed by atoms with van der Waals surface area (Å²) in [7, 11) is -3.99. The van der Waals surface area contributed by atoms with Crippen LogP contribution in [-0.4, -0.2) is 54.2 Å². The number of ether oxygens (including phenoxy) is 1. The summed E-state index contributed by atoms with van der Waals surface area (Å²) in [4.78, 5) is 8.79. The molecular formula is C12H19NO8S. The van der Waals surface area contributed by atoms with Crippen LogP contribution in [-0.2, 0) is 14.6 Å². The molecule has 0 unspecified atom stereocenters. The first-order valence-electron chi connectivity index (χ1n) is 6.32. The summed E-state index contributed by atoms with van der Waals surface area (Å²) in [6, 6.07) is 1.12. The topological polar surface area (TPSA) is 147 Å². The number of phenols is 2. The normalized spacial score (nSPS) is 10.7. The summed E-state index contributed by atoms with van der Waals surface area (Å²) in [5, 5.41) is 37.5. The molecule has 0 fully saturated rings. The molecule has 0 atom stereocenters. The molecule has 1 aromatic carbocycles. The van der Waals surface area contributed by atoms with Gasteiger partial charge < -0.3 is 20.1 Å². The highest BCUT2D eigenvalue weighted by Gasteiger charge is 2.24. The van der Waals surface area contributed by atoms with Crippen molar-refractivity contribution in [2.24, 2.45) is 0 Å². The zero-order valence-corrected chi connectivity index (χ0v) is 13.0. The molecule has 22 heavy (non-hydrogen) atoms. The lowest BCUT2D eigenvalue weighted by Gasteiger charge is -2.06. The van der Waals surface area contributed by atoms with Gasteiger partial charge in [-0.3, -0.25) is 10.1 Å². The number of nitro benzene ring substituents is 1. The fourth-order valence-corrected chi connectivity index (χ4v) is 2.51. The summed E-state index contributed by atoms with van der Waals surface area (Å²) in [6.45, 7) is 5.00. The van der Waals surface area contributed by atoms with E-state index in [1.807, 2.05) is 13.8 Å². The highest BCUT2D eigenvalue weighted by Crippen LogP contribution is 2.35. The van der Waals surface area contributed by atoms with Gasteiger partial charge in [0, 0.05) is 19.3 Å². The first kappa shape index (κ1) is 20.1. The molecule has 126 valence electrons. The molecule has 0 aromatic heterocycles. The molecule has 9 nitrogen and oxygen atoms in total. The Balaban J connectivity index is 0.000000763. The van der Waals surface area contributed by atoms with E-state index in [4.69, 9.17) is 9.84 Å². The molecule has 1 rings (SSSR count). The molecule has 0 amide bonds. The second-order valence-corrected chi connectivity index (χ2v) is 5.97. The summed E-state index contributed by atoms with van der Waals surface area (Å²) in [5.74, 6) is -2.37. The Morgan fingerprint density at radius 2 is 1.73 bits per heavy atom. The van der Waals surface area contributed by atoms with Crippen LogP contribution in [0.3, 0.4) is 0 Å². The number of benzene rings is 1. The predicted octanol–water partition coefficient (Wildman–Crippen LogP) is 0.815. The number of aliphatic hydroxyl groups is 1. The van der Waals surface area contributed by atoms with Crippen LogP contribution in [0.1, 0.15) is 13.8 Å². The van der Waals surface area contributed by atoms with Crippen LogP contribution in [0.25, 0.3) is 0 Å². The Morgan fingerprint density at radius 3 is 2.09 bits per heavy atom. The van der Waals surface area contributed by atoms with Gasteiger partial charge in [0.2, 0.25) is 0 Å². The van der Waals surface area contributed by atoms with E-state index in [0.717, 1.165) is 13.2 Å². The molecule has 0 saturated heterocycles. The van der Waals surface area contributed by atoms with E-state index in [1.165, 1.54) is 0 Å². The quantitative estimate of drug-likeness (QED) is 0.392. The first-order valence-corrected chi connectivity index (χ1v) is 7.98. The molecule has 0 radical (unpaired) electrons. The van der Waals surface area contributed by atoms with Gasteiger partial charge >= 0.3 is 5.69 Å². The van der Waals surface area contributed by atoms with Gasteiger partial charge in [0.15, 0.2) is 15.6 Å². The van der Waals surface area contributed by atoms with E-state index < -0.39 is 49.2 Å². The van der Waals surface area contributed by atoms with E-state index in [-0.39, 0.29) is 0 Å². The van der Waals surface area contributed by atoms with Crippen LogP contribution >= 0.6 is 0 Å². The van der Waals surface area contributed by atoms with Crippen molar-refractivity contribution >= 4 is 15.5 Å². The number of sulfone groups is 1. The Kier molecular flexibility index (Phi) is 8.38. The van der Waals surface area contributed by atoms with Crippen LogP contribution in [0.2, 0.25) is 0 Å². The second kappa shape index (κ2) is 9.18. The molecule has 0 aliphatic rings. The van der Waals surface area contributed by atoms with Gasteiger partial charge in [-0.25, -0.2) is 8.42 Å². The van der Waals surface area contributed by atoms with E-state index >= 15 is 0 Å². The number of rotatable bonds is 6. The SMILES string of the molecule is CCOCC.O=[N+]([O-])c1cc(O)c(S(=O)(=O)CCO)cc1O. The van der Waals surface area contributed by atoms with Crippen LogP contribution in [0.4, 0.5) is 5.69 Å². The van der Waals surface area contributed by atoms with Crippen molar-refractivity contribution in [3.63, 3.8) is 0 Å². The lowest BCUT2D eigenvalue weighted by molar-refractivity contribution is -0.386. The number of hydrogen-bond donors (Lipinski definition) is 3. The zero-order valence-electron chi connectivity index (χ0n) is 12.2. The lowest BCUT2D eigenvalue weighted by atomic mass is 10.3. The van der Waals surface area contributed by atoms with Crippen molar-refractivity contribution in [1.82, 2.24) is 0 Å². The minimum absolute atomic E-state index is 0.541. The fraction of sp³-hybridized carbons (Fsp3) is 0.500. The van der Waals surface area contributed by atoms with Crippen LogP contribution in [0.15, 0.2) is 17.0 Å². The highest BCUT2D eigenvalue weighted by atomic mass is 32.2. The van der Waals surface area contributed by atoms with Gasteiger partial charge in [-0.2, -0.15) is 0 Å². The second-order valence-electron chi connectivity index (χ2n) is 3.89. The van der Waals surface area contributed by atoms with Crippen LogP contribution in [0.5, 0.6) is 11.5 Å². The third-order valence-electron chi connectivity index (χ3n) is 2.36. The molecule has 0 saturated carbocycles. The molecule has 1 aromatic rings. The molecule has 0 spiro atoms. The maximum atomic E-state index is 11.5. The van der Waals surface area contributed by atoms with Gasteiger partial charge in [0.25, 0.3) is 0 Å². The Morgan fingerprint density at radius 1 is 1.18 bits per heavy atom. The van der Waals surface area contributed by atoms with Crippen molar-refractivity contribution in [3.05, 3.63) is 22.2 Å². The van der Waals surface area contributed by atoms with Gasteiger partial charge in [0.1, 0.15) is 10.6 Å². The van der Waals surface area contributed by atoms with E-state index in [0.29, 0.717) is 12.1 Å². The Hall–Kier alpha value is -1.91. The predicted molar refractivity (Wildman–Crippen MR) is 77.7 cm³/mol. The fourth-order valence-electron chi connectivity index (χ4n) is 1.38. The van der Waals surface area contributed by atoms with Crippen molar-refractivity contribution in [2.75, 3.05) is 25.6 Å². The molecular weight excluding hydrogens is 318 g/mol. The molecule has 3 N–H and O–H groups in total. The van der Waals surface area contributed by atoms with Gasteiger partial charge in [0.05, 0.1) is 23.3 Å². The van der Waals surface area contributed by atoms with Gasteiger partial charge in [-0.05, 0) is 13.8 Å². The van der Waals surface area contributed by atoms with Crippen molar-refractivity contribution in [2.45, 2.75) is 18.7 Å². The molecule has 0 aliphatic carbocycles. The largest absolute Gasteiger partial charge is 0.506 e. The standard InChI is InChI=1S/C8H9NO7S.C4H10O/c10-1-2-17(15,16)8-4-6(11)5(9(13)14)3-7(8)12;1-3-5-4-2/h3-4,10-12H,1-2H2;3-4H2,1-2H3. The number of nitrogens with zero attached hydrogens (tertiary/aromatic N) is 1. The molecule has 0 heterocycles. The number of aliphatic hydroxyl groups excluding tert-OH is 1. The smallest absolute Gasteiger partial charge is 0.314 e. The van der Waals surface area contributed by atoms with Crippen molar-refractivity contribution in [1.29, 1.82) is 0 Å². The van der Waals surface area contributed by atoms with E-state index in [2.05, 4.69) is 0 Å². The third-order valence-corrected chi connectivity index (χ3v) is 4.07. The summed E-state index contributed by atoms with van der Waals surface area (Å²) in [5.41, 5.74) is -0.801. The van der Waals surface area contributed by atoms with E-state index in [9.17, 15) is 28.7 Å². The molecule has 0 aliphatic heterocycles. The Labute approximate surface area is 127 Å². The number of nitro groups is 1. The number of aromatic hydroxyl groups is 2. The van der Waals surface area contributed by atoms with Gasteiger partial charge in [-0.1, -0.05) is 0 Å². The maximum Gasteiger partial charge on any atom is 0.314 e. The van der Waals surface area contributed by atoms with Crippen LogP contribution in [0, 0.1) is 10.1 Å². The highest BCUT2D eigenvalue weighted by molar-refractivity contribution is 7.91. The third kappa shape index (κ3) is 5.84. The average Bonchev–Trinajstić information content (AvgIpc) is 2.42. The summed E-state index contributed by atoms with van der Waals surface area (Å²) >= 11 is 0. The van der Waals surface area contributed by atoms with Crippen molar-refractivity contribution in [3.8, 4) is 11.5 Å². The lowest BCUT2D eigenvalue weighted by Crippen LogP contribution is -2.10. The number of phenolic OH excluding ortho intramolecular Hbond substituents is 2. The monoisotopic (exact) mass is 337 g/mol. The molecule has 10 heteroatoms. The zero-order chi connectivity index (χ0) is 17.3. The number of hydrogen-bond acceptors (Lipinski definition) is 8. The minimum Gasteiger partial charge on any atom is -0.506 e. The van der Waals surface area contributed by atoms with Crippen molar-refractivity contribution < 1.29 is 33.4 Å². The van der Waals surface area contributed by atoms with E-state index in [1.54, 1.807) is 0 Å². The maximum absolute atomic E-state index is 11.5. The van der Waals surface area contributed by atoms with Gasteiger partial charge in [-0.15, -0.1) is 0 Å². The van der Waals surface area contributed by atoms with Crippen LogP contribution < -0.4 is 0 Å².